The van der Waals surface area contributed by atoms with Crippen LogP contribution in [-0.2, 0) is 20.9 Å². The lowest BCUT2D eigenvalue weighted by molar-refractivity contribution is -0.144. The van der Waals surface area contributed by atoms with Crippen LogP contribution in [0.15, 0.2) is 48.8 Å². The molecule has 1 aliphatic rings. The molecule has 0 unspecified atom stereocenters. The summed E-state index contributed by atoms with van der Waals surface area (Å²) in [5, 5.41) is 7.20. The fourth-order valence-corrected chi connectivity index (χ4v) is 3.19. The van der Waals surface area contributed by atoms with Crippen LogP contribution in [0, 0.1) is 0 Å². The molecule has 0 spiro atoms. The standard InChI is InChI=1S/C21H25N3O3/c25-20(23-19-9-5-2-6-10-19)16-27-21(26)12-11-18-13-22-24(15-18)14-17-7-3-1-4-8-17/h1,3-4,7-8,11-13,15,19H,2,5-6,9-10,14,16H2,(H,23,25)/b12-11+. The molecule has 1 fully saturated rings. The number of rotatable bonds is 7. The second kappa shape index (κ2) is 9.71. The fourth-order valence-electron chi connectivity index (χ4n) is 3.19. The number of hydrogen-bond acceptors (Lipinski definition) is 4. The average Bonchev–Trinajstić information content (AvgIpc) is 3.14. The summed E-state index contributed by atoms with van der Waals surface area (Å²) in [6, 6.07) is 10.2. The number of carbonyl (C=O) groups excluding carboxylic acids is 2. The van der Waals surface area contributed by atoms with Crippen molar-refractivity contribution in [3.8, 4) is 0 Å². The third-order valence-corrected chi connectivity index (χ3v) is 4.57. The van der Waals surface area contributed by atoms with Gasteiger partial charge < -0.3 is 10.1 Å². The molecule has 142 valence electrons. The van der Waals surface area contributed by atoms with Crippen LogP contribution < -0.4 is 5.32 Å². The first kappa shape index (κ1) is 18.9. The lowest BCUT2D eigenvalue weighted by Crippen LogP contribution is -2.38. The van der Waals surface area contributed by atoms with Crippen molar-refractivity contribution in [2.24, 2.45) is 0 Å². The minimum Gasteiger partial charge on any atom is -0.452 e. The highest BCUT2D eigenvalue weighted by Crippen LogP contribution is 2.17. The maximum Gasteiger partial charge on any atom is 0.331 e. The number of carbonyl (C=O) groups is 2. The van der Waals surface area contributed by atoms with E-state index in [0.717, 1.165) is 36.8 Å². The summed E-state index contributed by atoms with van der Waals surface area (Å²) in [6.07, 6.45) is 12.0. The highest BCUT2D eigenvalue weighted by Gasteiger charge is 2.16. The van der Waals surface area contributed by atoms with Crippen molar-refractivity contribution < 1.29 is 14.3 Å². The van der Waals surface area contributed by atoms with Crippen LogP contribution in [0.3, 0.4) is 0 Å². The van der Waals surface area contributed by atoms with Gasteiger partial charge >= 0.3 is 5.97 Å². The predicted molar refractivity (Wildman–Crippen MR) is 103 cm³/mol. The highest BCUT2D eigenvalue weighted by atomic mass is 16.5. The van der Waals surface area contributed by atoms with E-state index in [1.54, 1.807) is 17.0 Å². The number of nitrogens with one attached hydrogen (secondary N) is 1. The number of nitrogens with zero attached hydrogens (tertiary/aromatic N) is 2. The van der Waals surface area contributed by atoms with Gasteiger partial charge in [-0.2, -0.15) is 5.10 Å². The predicted octanol–water partition coefficient (Wildman–Crippen LogP) is 2.94. The van der Waals surface area contributed by atoms with Gasteiger partial charge in [-0.25, -0.2) is 4.79 Å². The monoisotopic (exact) mass is 367 g/mol. The third-order valence-electron chi connectivity index (χ3n) is 4.57. The lowest BCUT2D eigenvalue weighted by atomic mass is 9.95. The van der Waals surface area contributed by atoms with E-state index in [-0.39, 0.29) is 18.6 Å². The molecule has 1 aromatic heterocycles. The Morgan fingerprint density at radius 3 is 2.74 bits per heavy atom. The summed E-state index contributed by atoms with van der Waals surface area (Å²) in [6.45, 7) is 0.424. The van der Waals surface area contributed by atoms with Crippen LogP contribution >= 0.6 is 0 Å². The van der Waals surface area contributed by atoms with Crippen molar-refractivity contribution in [2.75, 3.05) is 6.61 Å². The van der Waals surface area contributed by atoms with E-state index in [4.69, 9.17) is 4.74 Å². The van der Waals surface area contributed by atoms with E-state index in [1.165, 1.54) is 12.5 Å². The summed E-state index contributed by atoms with van der Waals surface area (Å²) in [5.74, 6) is -0.774. The Morgan fingerprint density at radius 1 is 1.19 bits per heavy atom. The van der Waals surface area contributed by atoms with E-state index in [9.17, 15) is 9.59 Å². The summed E-state index contributed by atoms with van der Waals surface area (Å²) >= 11 is 0. The Balaban J connectivity index is 1.41. The number of esters is 1. The molecule has 0 radical (unpaired) electrons. The topological polar surface area (TPSA) is 73.2 Å². The van der Waals surface area contributed by atoms with E-state index >= 15 is 0 Å². The number of hydrogen-bond donors (Lipinski definition) is 1. The summed E-state index contributed by atoms with van der Waals surface area (Å²) in [5.41, 5.74) is 1.95. The van der Waals surface area contributed by atoms with Crippen LogP contribution in [0.5, 0.6) is 0 Å². The summed E-state index contributed by atoms with van der Waals surface area (Å²) in [4.78, 5) is 23.6. The molecule has 1 aliphatic carbocycles. The fraction of sp³-hybridized carbons (Fsp3) is 0.381. The first-order valence-corrected chi connectivity index (χ1v) is 9.39. The minimum atomic E-state index is -0.537. The van der Waals surface area contributed by atoms with Gasteiger partial charge in [-0.3, -0.25) is 9.48 Å². The van der Waals surface area contributed by atoms with Crippen LogP contribution in [0.1, 0.15) is 43.2 Å². The second-order valence-corrected chi connectivity index (χ2v) is 6.80. The van der Waals surface area contributed by atoms with Crippen molar-refractivity contribution >= 4 is 18.0 Å². The van der Waals surface area contributed by atoms with Gasteiger partial charge in [0.05, 0.1) is 12.7 Å². The van der Waals surface area contributed by atoms with Gasteiger partial charge in [-0.15, -0.1) is 0 Å². The molecule has 0 bridgehead atoms. The zero-order valence-electron chi connectivity index (χ0n) is 15.3. The first-order chi connectivity index (χ1) is 13.2. The third kappa shape index (κ3) is 6.40. The van der Waals surface area contributed by atoms with Crippen molar-refractivity contribution in [3.63, 3.8) is 0 Å². The zero-order chi connectivity index (χ0) is 18.9. The van der Waals surface area contributed by atoms with E-state index in [0.29, 0.717) is 6.54 Å². The maximum atomic E-state index is 11.8. The Labute approximate surface area is 159 Å². The molecule has 1 aromatic carbocycles. The average molecular weight is 367 g/mol. The lowest BCUT2D eigenvalue weighted by Gasteiger charge is -2.22. The van der Waals surface area contributed by atoms with Crippen LogP contribution in [0.25, 0.3) is 6.08 Å². The normalized spacial score (nSPS) is 15.0. The Morgan fingerprint density at radius 2 is 1.96 bits per heavy atom. The van der Waals surface area contributed by atoms with Gasteiger partial charge in [0.15, 0.2) is 6.61 Å². The van der Waals surface area contributed by atoms with Gasteiger partial charge in [0.25, 0.3) is 5.91 Å². The highest BCUT2D eigenvalue weighted by molar-refractivity contribution is 5.89. The number of benzene rings is 1. The van der Waals surface area contributed by atoms with Gasteiger partial charge in [-0.05, 0) is 24.5 Å². The minimum absolute atomic E-state index is 0.218. The molecule has 1 amide bonds. The van der Waals surface area contributed by atoms with Gasteiger partial charge in [0.1, 0.15) is 0 Å². The molecular weight excluding hydrogens is 342 g/mol. The first-order valence-electron chi connectivity index (χ1n) is 9.39. The van der Waals surface area contributed by atoms with Crippen molar-refractivity contribution in [3.05, 3.63) is 59.9 Å². The van der Waals surface area contributed by atoms with Crippen molar-refractivity contribution in [2.45, 2.75) is 44.7 Å². The number of ether oxygens (including phenoxy) is 1. The molecule has 27 heavy (non-hydrogen) atoms. The Hall–Kier alpha value is -2.89. The Bertz CT molecular complexity index is 777. The molecule has 6 nitrogen and oxygen atoms in total. The largest absolute Gasteiger partial charge is 0.452 e. The van der Waals surface area contributed by atoms with Crippen molar-refractivity contribution in [1.82, 2.24) is 15.1 Å². The molecule has 1 heterocycles. The molecule has 2 aromatic rings. The smallest absolute Gasteiger partial charge is 0.331 e. The Kier molecular flexibility index (Phi) is 6.79. The van der Waals surface area contributed by atoms with E-state index < -0.39 is 5.97 Å². The summed E-state index contributed by atoms with van der Waals surface area (Å²) < 4.78 is 6.81. The molecule has 6 heteroatoms. The van der Waals surface area contributed by atoms with Gasteiger partial charge in [0.2, 0.25) is 0 Å². The second-order valence-electron chi connectivity index (χ2n) is 6.80. The van der Waals surface area contributed by atoms with Crippen LogP contribution in [0.4, 0.5) is 0 Å². The quantitative estimate of drug-likeness (QED) is 0.603. The zero-order valence-corrected chi connectivity index (χ0v) is 15.3. The van der Waals surface area contributed by atoms with Crippen LogP contribution in [0.2, 0.25) is 0 Å². The number of amides is 1. The molecule has 0 atom stereocenters. The molecule has 0 aliphatic heterocycles. The molecule has 0 saturated heterocycles. The SMILES string of the molecule is O=C(COC(=O)/C=C/c1cnn(Cc2ccccc2)c1)NC1CCCCC1. The number of aromatic nitrogens is 2. The van der Waals surface area contributed by atoms with Crippen LogP contribution in [-0.4, -0.2) is 34.3 Å². The molecule has 1 N–H and O–H groups in total. The molecule has 1 saturated carbocycles. The summed E-state index contributed by atoms with van der Waals surface area (Å²) in [7, 11) is 0. The van der Waals surface area contributed by atoms with Gasteiger partial charge in [-0.1, -0.05) is 49.6 Å². The van der Waals surface area contributed by atoms with E-state index in [2.05, 4.69) is 10.4 Å². The van der Waals surface area contributed by atoms with Gasteiger partial charge in [0, 0.05) is 23.9 Å². The molecular formula is C21H25N3O3. The molecule has 3 rings (SSSR count). The maximum absolute atomic E-state index is 11.8. The van der Waals surface area contributed by atoms with Crippen molar-refractivity contribution in [1.29, 1.82) is 0 Å². The van der Waals surface area contributed by atoms with E-state index in [1.807, 2.05) is 36.5 Å².